The Morgan fingerprint density at radius 1 is 0.667 bits per heavy atom. The summed E-state index contributed by atoms with van der Waals surface area (Å²) < 4.78 is 10.7. The first-order valence-electron chi connectivity index (χ1n) is 26.0. The number of nitrogens with zero attached hydrogens (tertiary/aromatic N) is 4. The number of hydrogen-bond acceptors (Lipinski definition) is 11. The van der Waals surface area contributed by atoms with Crippen LogP contribution in [0.3, 0.4) is 0 Å². The lowest BCUT2D eigenvalue weighted by Crippen LogP contribution is -2.52. The van der Waals surface area contributed by atoms with Crippen molar-refractivity contribution in [2.45, 2.75) is 140 Å². The number of fused-ring (bicyclic) bond motifs is 2. The smallest absolute Gasteiger partial charge is 0.220 e. The van der Waals surface area contributed by atoms with Crippen LogP contribution in [0.25, 0.3) is 21.5 Å². The van der Waals surface area contributed by atoms with Crippen LogP contribution in [-0.4, -0.2) is 118 Å². The molecule has 69 heavy (non-hydrogen) atoms. The van der Waals surface area contributed by atoms with Crippen molar-refractivity contribution in [1.82, 2.24) is 20.4 Å². The van der Waals surface area contributed by atoms with Crippen LogP contribution in [0.2, 0.25) is 0 Å². The maximum absolute atomic E-state index is 11.8. The average molecular weight is 945 g/mol. The van der Waals surface area contributed by atoms with Gasteiger partial charge in [0.15, 0.2) is 0 Å². The molecule has 2 atom stereocenters. The highest BCUT2D eigenvalue weighted by Crippen LogP contribution is 2.39. The quantitative estimate of drug-likeness (QED) is 0.0722. The predicted molar refractivity (Wildman–Crippen MR) is 280 cm³/mol. The van der Waals surface area contributed by atoms with Crippen molar-refractivity contribution >= 4 is 45.2 Å². The first-order valence-corrected chi connectivity index (χ1v) is 26.0. The average Bonchev–Trinajstić information content (AvgIpc) is 3.77. The highest BCUT2D eigenvalue weighted by atomic mass is 16.6. The molecule has 2 saturated carbocycles. The number of likely N-dealkylation sites (tertiary alicyclic amines) is 2. The number of rotatable bonds is 14. The minimum absolute atomic E-state index is 0.0826. The highest BCUT2D eigenvalue weighted by Gasteiger charge is 2.43. The number of benzene rings is 4. The molecule has 0 bridgehead atoms. The molecule has 374 valence electrons. The van der Waals surface area contributed by atoms with Gasteiger partial charge in [-0.1, -0.05) is 60.6 Å². The number of ether oxygens (including phenoxy) is 2. The molecule has 3 aliphatic heterocycles. The Hall–Kier alpha value is -5.04. The Kier molecular flexibility index (Phi) is 18.5. The highest BCUT2D eigenvalue weighted by molar-refractivity contribution is 6.05. The zero-order valence-corrected chi connectivity index (χ0v) is 42.7. The first kappa shape index (κ1) is 51.8. The van der Waals surface area contributed by atoms with Gasteiger partial charge < -0.3 is 34.6 Å². The Labute approximate surface area is 411 Å². The van der Waals surface area contributed by atoms with Gasteiger partial charge in [0.05, 0.1) is 25.6 Å². The van der Waals surface area contributed by atoms with Crippen LogP contribution < -0.4 is 20.1 Å². The third kappa shape index (κ3) is 12.7. The minimum atomic E-state index is 0.0826. The van der Waals surface area contributed by atoms with E-state index in [0.29, 0.717) is 36.8 Å². The van der Waals surface area contributed by atoms with Crippen LogP contribution in [-0.2, 0) is 19.3 Å². The van der Waals surface area contributed by atoms with Gasteiger partial charge in [-0.05, 0) is 168 Å². The van der Waals surface area contributed by atoms with E-state index in [1.54, 1.807) is 28.4 Å². The number of carbonyl (C=O) groups is 2. The summed E-state index contributed by atoms with van der Waals surface area (Å²) in [6.07, 6.45) is 18.2. The maximum atomic E-state index is 11.8. The van der Waals surface area contributed by atoms with Crippen molar-refractivity contribution in [3.63, 3.8) is 0 Å². The zero-order chi connectivity index (χ0) is 48.8. The number of oxime groups is 2. The Bertz CT molecular complexity index is 2370. The monoisotopic (exact) mass is 945 g/mol. The van der Waals surface area contributed by atoms with Crippen LogP contribution in [0.5, 0.6) is 11.5 Å². The van der Waals surface area contributed by atoms with Gasteiger partial charge in [-0.3, -0.25) is 14.6 Å². The SMILES string of the molecule is CC.CNC1(CCC=O)CCC(N2CCCC(/C(=N\OC)c3ccc4cc(OC)ccc4c3)C2)CC1.CO/N=C(/c1ccc2cc(OC)ccc2c1)C1CCCN(C2CCC3(CCC(=O)N3)CC2)C1. The molecular formula is C57H80N6O6. The van der Waals surface area contributed by atoms with Crippen molar-refractivity contribution in [2.24, 2.45) is 22.1 Å². The lowest BCUT2D eigenvalue weighted by molar-refractivity contribution is -0.120. The fraction of sp³-hybridized carbons (Fsp3) is 0.579. The van der Waals surface area contributed by atoms with E-state index in [0.717, 1.165) is 129 Å². The maximum Gasteiger partial charge on any atom is 0.220 e. The molecular weight excluding hydrogens is 865 g/mol. The van der Waals surface area contributed by atoms with Gasteiger partial charge in [0.2, 0.25) is 5.91 Å². The Balaban J connectivity index is 0.000000197. The van der Waals surface area contributed by atoms with E-state index >= 15 is 0 Å². The Morgan fingerprint density at radius 2 is 1.13 bits per heavy atom. The Morgan fingerprint density at radius 3 is 1.55 bits per heavy atom. The number of methoxy groups -OCH3 is 2. The normalized spacial score (nSPS) is 26.9. The molecule has 1 amide bonds. The number of carbonyl (C=O) groups excluding carboxylic acids is 2. The van der Waals surface area contributed by atoms with E-state index in [2.05, 4.69) is 98.5 Å². The van der Waals surface area contributed by atoms with Gasteiger partial charge in [-0.25, -0.2) is 0 Å². The number of nitrogens with one attached hydrogen (secondary N) is 2. The number of amides is 1. The summed E-state index contributed by atoms with van der Waals surface area (Å²) in [6.45, 7) is 8.35. The van der Waals surface area contributed by atoms with Crippen LogP contribution in [0.1, 0.15) is 128 Å². The van der Waals surface area contributed by atoms with Gasteiger partial charge >= 0.3 is 0 Å². The summed E-state index contributed by atoms with van der Waals surface area (Å²) in [4.78, 5) is 38.7. The molecule has 4 aromatic carbocycles. The number of hydrogen-bond donors (Lipinski definition) is 2. The fourth-order valence-electron chi connectivity index (χ4n) is 12.2. The molecule has 12 heteroatoms. The summed E-state index contributed by atoms with van der Waals surface area (Å²) in [6, 6.07) is 26.6. The summed E-state index contributed by atoms with van der Waals surface area (Å²) >= 11 is 0. The molecule has 5 fully saturated rings. The zero-order valence-electron chi connectivity index (χ0n) is 42.7. The molecule has 1 spiro atoms. The van der Waals surface area contributed by atoms with E-state index in [-0.39, 0.29) is 17.0 Å². The van der Waals surface area contributed by atoms with E-state index in [9.17, 15) is 9.59 Å². The second kappa shape index (κ2) is 24.7. The molecule has 3 heterocycles. The third-order valence-corrected chi connectivity index (χ3v) is 16.1. The van der Waals surface area contributed by atoms with Crippen molar-refractivity contribution in [3.05, 3.63) is 83.9 Å². The van der Waals surface area contributed by atoms with E-state index in [4.69, 9.17) is 19.1 Å². The predicted octanol–water partition coefficient (Wildman–Crippen LogP) is 10.3. The topological polar surface area (TPSA) is 126 Å². The summed E-state index contributed by atoms with van der Waals surface area (Å²) in [7, 11) is 8.73. The molecule has 5 aliphatic rings. The lowest BCUT2D eigenvalue weighted by atomic mass is 9.75. The van der Waals surface area contributed by atoms with Crippen molar-refractivity contribution < 1.29 is 28.7 Å². The molecule has 12 nitrogen and oxygen atoms in total. The summed E-state index contributed by atoms with van der Waals surface area (Å²) in [5, 5.41) is 20.6. The minimum Gasteiger partial charge on any atom is -0.497 e. The summed E-state index contributed by atoms with van der Waals surface area (Å²) in [5.41, 5.74) is 4.59. The van der Waals surface area contributed by atoms with E-state index in [1.165, 1.54) is 49.3 Å². The molecule has 2 aliphatic carbocycles. The summed E-state index contributed by atoms with van der Waals surface area (Å²) in [5.74, 6) is 2.69. The number of aldehydes is 1. The molecule has 2 unspecified atom stereocenters. The van der Waals surface area contributed by atoms with Crippen LogP contribution >= 0.6 is 0 Å². The molecule has 2 N–H and O–H groups in total. The molecule has 4 aromatic rings. The second-order valence-corrected chi connectivity index (χ2v) is 19.9. The molecule has 3 saturated heterocycles. The molecule has 9 rings (SSSR count). The second-order valence-electron chi connectivity index (χ2n) is 19.9. The first-order chi connectivity index (χ1) is 33.7. The van der Waals surface area contributed by atoms with Crippen LogP contribution in [0, 0.1) is 11.8 Å². The largest absolute Gasteiger partial charge is 0.497 e. The molecule has 0 aromatic heterocycles. The van der Waals surface area contributed by atoms with E-state index in [1.807, 2.05) is 26.0 Å². The molecule has 0 radical (unpaired) electrons. The lowest BCUT2D eigenvalue weighted by Gasteiger charge is -2.46. The van der Waals surface area contributed by atoms with Crippen molar-refractivity contribution in [2.75, 3.05) is 61.7 Å². The van der Waals surface area contributed by atoms with E-state index < -0.39 is 0 Å². The van der Waals surface area contributed by atoms with Gasteiger partial charge in [0.1, 0.15) is 32.0 Å². The van der Waals surface area contributed by atoms with Crippen molar-refractivity contribution in [3.8, 4) is 11.5 Å². The van der Waals surface area contributed by atoms with Crippen LogP contribution in [0.4, 0.5) is 0 Å². The third-order valence-electron chi connectivity index (χ3n) is 16.1. The standard InChI is InChI=1S/C28H39N3O3.C27H35N3O3.C2H6/c1-29-28(13-5-17-32)14-11-25(12-15-28)31-16-4-6-24(20-31)27(30-34-3)23-8-7-22-19-26(33-2)10-9-21(22)18-23;1-32-24-8-7-19-16-21(6-5-20(19)17-24)26(29-33-2)22-4-3-15-30(18-22)23-9-12-27(13-10-23)14-11-25(31)28-27;1-2/h7-10,17-19,24-25,29H,4-6,11-16,20H2,1-3H3;5-8,16-17,22-23H,3-4,9-15,18H2,1-2H3,(H,28,31);1-2H3/b30-27-;29-26-;. The number of piperidine rings is 2. The van der Waals surface area contributed by atoms with Crippen molar-refractivity contribution in [1.29, 1.82) is 0 Å². The van der Waals surface area contributed by atoms with Gasteiger partial charge in [0.25, 0.3) is 0 Å². The fourth-order valence-corrected chi connectivity index (χ4v) is 12.2. The van der Waals surface area contributed by atoms with Gasteiger partial charge in [-0.2, -0.15) is 0 Å². The van der Waals surface area contributed by atoms with Gasteiger partial charge in [0, 0.05) is 72.1 Å². The van der Waals surface area contributed by atoms with Crippen LogP contribution in [0.15, 0.2) is 83.1 Å². The van der Waals surface area contributed by atoms with Gasteiger partial charge in [-0.15, -0.1) is 0 Å².